The van der Waals surface area contributed by atoms with Crippen molar-refractivity contribution in [2.24, 2.45) is 5.92 Å². The van der Waals surface area contributed by atoms with Crippen molar-refractivity contribution < 1.29 is 31.2 Å². The lowest BCUT2D eigenvalue weighted by atomic mass is 10.1. The van der Waals surface area contributed by atoms with E-state index in [2.05, 4.69) is 4.84 Å². The fourth-order valence-electron chi connectivity index (χ4n) is 1.30. The molecule has 1 aliphatic heterocycles. The first-order valence-electron chi connectivity index (χ1n) is 4.30. The van der Waals surface area contributed by atoms with E-state index in [1.807, 2.05) is 0 Å². The van der Waals surface area contributed by atoms with Gasteiger partial charge in [-0.2, -0.15) is 13.2 Å². The maximum absolute atomic E-state index is 11.7. The Labute approximate surface area is 90.0 Å². The minimum atomic E-state index is -5.03. The number of halogens is 3. The van der Waals surface area contributed by atoms with Crippen LogP contribution in [0.1, 0.15) is 0 Å². The van der Waals surface area contributed by atoms with E-state index in [4.69, 9.17) is 0 Å². The zero-order valence-corrected chi connectivity index (χ0v) is 9.14. The number of nitrogens with zero attached hydrogens (tertiary/aromatic N) is 1. The van der Waals surface area contributed by atoms with Crippen LogP contribution in [-0.4, -0.2) is 50.7 Å². The SMILES string of the molecule is CS(=O)(=O)CC1CN(OC(=O)C(F)(F)F)C1. The summed E-state index contributed by atoms with van der Waals surface area (Å²) in [5.74, 6) is -2.69. The average molecular weight is 261 g/mol. The highest BCUT2D eigenvalue weighted by atomic mass is 32.2. The molecule has 9 heteroatoms. The molecular formula is C7H10F3NO4S. The van der Waals surface area contributed by atoms with E-state index in [0.717, 1.165) is 11.3 Å². The quantitative estimate of drug-likeness (QED) is 0.714. The molecule has 1 saturated heterocycles. The number of hydrogen-bond donors (Lipinski definition) is 0. The first-order valence-corrected chi connectivity index (χ1v) is 6.36. The smallest absolute Gasteiger partial charge is 0.361 e. The molecule has 1 rings (SSSR count). The normalized spacial score (nSPS) is 19.2. The summed E-state index contributed by atoms with van der Waals surface area (Å²) in [5.41, 5.74) is 0. The second-order valence-corrected chi connectivity index (χ2v) is 5.87. The van der Waals surface area contributed by atoms with Crippen LogP contribution in [0.2, 0.25) is 0 Å². The molecule has 16 heavy (non-hydrogen) atoms. The van der Waals surface area contributed by atoms with E-state index in [1.54, 1.807) is 0 Å². The number of rotatable bonds is 3. The van der Waals surface area contributed by atoms with Crippen LogP contribution in [0.4, 0.5) is 13.2 Å². The van der Waals surface area contributed by atoms with E-state index < -0.39 is 22.0 Å². The Balaban J connectivity index is 2.30. The summed E-state index contributed by atoms with van der Waals surface area (Å²) in [6.07, 6.45) is -3.99. The third kappa shape index (κ3) is 3.97. The van der Waals surface area contributed by atoms with Gasteiger partial charge in [-0.25, -0.2) is 13.2 Å². The van der Waals surface area contributed by atoms with E-state index in [1.165, 1.54) is 0 Å². The zero-order chi connectivity index (χ0) is 12.6. The molecule has 94 valence electrons. The number of hydroxylamine groups is 2. The van der Waals surface area contributed by atoms with Gasteiger partial charge in [-0.15, -0.1) is 5.06 Å². The van der Waals surface area contributed by atoms with Gasteiger partial charge in [0.15, 0.2) is 0 Å². The van der Waals surface area contributed by atoms with Crippen molar-refractivity contribution in [3.63, 3.8) is 0 Å². The van der Waals surface area contributed by atoms with Crippen LogP contribution in [0.15, 0.2) is 0 Å². The van der Waals surface area contributed by atoms with Crippen molar-refractivity contribution in [2.45, 2.75) is 6.18 Å². The predicted octanol–water partition coefficient (Wildman–Crippen LogP) is -0.0167. The van der Waals surface area contributed by atoms with Gasteiger partial charge in [0.1, 0.15) is 9.84 Å². The summed E-state index contributed by atoms with van der Waals surface area (Å²) in [6, 6.07) is 0. The first kappa shape index (κ1) is 13.2. The molecular weight excluding hydrogens is 251 g/mol. The fourth-order valence-corrected chi connectivity index (χ4v) is 2.37. The largest absolute Gasteiger partial charge is 0.492 e. The van der Waals surface area contributed by atoms with Crippen molar-refractivity contribution >= 4 is 15.8 Å². The van der Waals surface area contributed by atoms with Crippen LogP contribution >= 0.6 is 0 Å². The van der Waals surface area contributed by atoms with Gasteiger partial charge >= 0.3 is 12.1 Å². The van der Waals surface area contributed by atoms with E-state index in [-0.39, 0.29) is 24.8 Å². The molecule has 1 aliphatic rings. The molecule has 0 saturated carbocycles. The van der Waals surface area contributed by atoms with E-state index in [0.29, 0.717) is 0 Å². The van der Waals surface area contributed by atoms with Crippen molar-refractivity contribution in [3.8, 4) is 0 Å². The first-order chi connectivity index (χ1) is 7.08. The minimum absolute atomic E-state index is 0.00882. The molecule has 0 unspecified atom stereocenters. The highest BCUT2D eigenvalue weighted by Crippen LogP contribution is 2.22. The molecule has 0 N–H and O–H groups in total. The maximum atomic E-state index is 11.7. The monoisotopic (exact) mass is 261 g/mol. The molecule has 0 bridgehead atoms. The van der Waals surface area contributed by atoms with Crippen LogP contribution in [0.5, 0.6) is 0 Å². The number of alkyl halides is 3. The number of carbonyl (C=O) groups is 1. The van der Waals surface area contributed by atoms with Crippen LogP contribution in [0, 0.1) is 5.92 Å². The van der Waals surface area contributed by atoms with Crippen LogP contribution in [0.25, 0.3) is 0 Å². The molecule has 0 aromatic rings. The van der Waals surface area contributed by atoms with Gasteiger partial charge in [-0.1, -0.05) is 0 Å². The van der Waals surface area contributed by atoms with Crippen molar-refractivity contribution in [3.05, 3.63) is 0 Å². The summed E-state index contributed by atoms with van der Waals surface area (Å²) < 4.78 is 56.9. The summed E-state index contributed by atoms with van der Waals surface area (Å²) in [4.78, 5) is 14.3. The van der Waals surface area contributed by atoms with Crippen LogP contribution < -0.4 is 0 Å². The maximum Gasteiger partial charge on any atom is 0.492 e. The average Bonchev–Trinajstić information content (AvgIpc) is 1.95. The number of sulfone groups is 1. The second kappa shape index (κ2) is 4.21. The Morgan fingerprint density at radius 3 is 2.31 bits per heavy atom. The molecule has 0 aromatic heterocycles. The Bertz CT molecular complexity index is 372. The summed E-state index contributed by atoms with van der Waals surface area (Å²) in [6.45, 7) is 0.0176. The van der Waals surface area contributed by atoms with Gasteiger partial charge < -0.3 is 4.84 Å². The standard InChI is InChI=1S/C7H10F3NO4S/c1-16(13,14)4-5-2-11(3-5)15-6(12)7(8,9)10/h5H,2-4H2,1H3. The van der Waals surface area contributed by atoms with E-state index in [9.17, 15) is 26.4 Å². The molecule has 0 spiro atoms. The van der Waals surface area contributed by atoms with Gasteiger partial charge in [-0.05, 0) is 0 Å². The second-order valence-electron chi connectivity index (χ2n) is 3.68. The van der Waals surface area contributed by atoms with Gasteiger partial charge in [0.25, 0.3) is 0 Å². The lowest BCUT2D eigenvalue weighted by Gasteiger charge is -2.36. The highest BCUT2D eigenvalue weighted by Gasteiger charge is 2.44. The lowest BCUT2D eigenvalue weighted by molar-refractivity contribution is -0.257. The molecule has 0 aromatic carbocycles. The topological polar surface area (TPSA) is 63.7 Å². The zero-order valence-electron chi connectivity index (χ0n) is 8.32. The Hall–Kier alpha value is -0.830. The highest BCUT2D eigenvalue weighted by molar-refractivity contribution is 7.90. The molecule has 0 amide bonds. The van der Waals surface area contributed by atoms with Crippen molar-refractivity contribution in [1.82, 2.24) is 5.06 Å². The fraction of sp³-hybridized carbons (Fsp3) is 0.857. The lowest BCUT2D eigenvalue weighted by Crippen LogP contribution is -2.51. The molecule has 5 nitrogen and oxygen atoms in total. The molecule has 0 radical (unpaired) electrons. The molecule has 1 heterocycles. The van der Waals surface area contributed by atoms with Crippen LogP contribution in [-0.2, 0) is 19.5 Å². The number of hydrogen-bond acceptors (Lipinski definition) is 5. The van der Waals surface area contributed by atoms with Crippen molar-refractivity contribution in [2.75, 3.05) is 25.1 Å². The summed E-state index contributed by atoms with van der Waals surface area (Å²) in [5, 5.41) is 0.797. The minimum Gasteiger partial charge on any atom is -0.361 e. The molecule has 1 fully saturated rings. The van der Waals surface area contributed by atoms with Crippen molar-refractivity contribution in [1.29, 1.82) is 0 Å². The molecule has 0 aliphatic carbocycles. The predicted molar refractivity (Wildman–Crippen MR) is 46.9 cm³/mol. The Morgan fingerprint density at radius 1 is 1.44 bits per heavy atom. The van der Waals surface area contributed by atoms with Gasteiger partial charge in [-0.3, -0.25) is 0 Å². The Morgan fingerprint density at radius 2 is 1.94 bits per heavy atom. The third-order valence-electron chi connectivity index (χ3n) is 1.91. The van der Waals surface area contributed by atoms with Gasteiger partial charge in [0, 0.05) is 25.3 Å². The summed E-state index contributed by atoms with van der Waals surface area (Å²) in [7, 11) is -3.15. The third-order valence-corrected chi connectivity index (χ3v) is 2.98. The van der Waals surface area contributed by atoms with Gasteiger partial charge in [0.05, 0.1) is 5.75 Å². The molecule has 0 atom stereocenters. The summed E-state index contributed by atoms with van der Waals surface area (Å²) >= 11 is 0. The number of carbonyl (C=O) groups excluding carboxylic acids is 1. The van der Waals surface area contributed by atoms with Gasteiger partial charge in [0.2, 0.25) is 0 Å². The van der Waals surface area contributed by atoms with E-state index >= 15 is 0 Å². The van der Waals surface area contributed by atoms with Crippen LogP contribution in [0.3, 0.4) is 0 Å². The Kier molecular flexibility index (Phi) is 3.48.